The van der Waals surface area contributed by atoms with Gasteiger partial charge in [-0.1, -0.05) is 0 Å². The van der Waals surface area contributed by atoms with Crippen LogP contribution in [0.2, 0.25) is 0 Å². The van der Waals surface area contributed by atoms with Gasteiger partial charge in [-0.15, -0.1) is 0 Å². The maximum atomic E-state index is 11.1. The van der Waals surface area contributed by atoms with Crippen molar-refractivity contribution in [3.05, 3.63) is 23.8 Å². The summed E-state index contributed by atoms with van der Waals surface area (Å²) in [6.45, 7) is 0. The summed E-state index contributed by atoms with van der Waals surface area (Å²) in [4.78, 5) is 11.1. The zero-order valence-corrected chi connectivity index (χ0v) is 9.13. The monoisotopic (exact) mass is 307 g/mol. The summed E-state index contributed by atoms with van der Waals surface area (Å²) in [6, 6.07) is 4.07. The Morgan fingerprint density at radius 1 is 1.43 bits per heavy atom. The molecule has 0 aromatic heterocycles. The molecule has 0 heterocycles. The van der Waals surface area contributed by atoms with Crippen LogP contribution in [-0.2, 0) is 3.07 Å². The lowest BCUT2D eigenvalue weighted by Crippen LogP contribution is -2.30. The van der Waals surface area contributed by atoms with Gasteiger partial charge in [0.05, 0.1) is 5.56 Å². The lowest BCUT2D eigenvalue weighted by atomic mass is 9.79. The van der Waals surface area contributed by atoms with E-state index in [-0.39, 0.29) is 16.7 Å². The van der Waals surface area contributed by atoms with Crippen LogP contribution < -0.4 is 11.2 Å². The highest BCUT2D eigenvalue weighted by Crippen LogP contribution is 2.08. The number of benzene rings is 1. The van der Waals surface area contributed by atoms with Crippen LogP contribution in [0.4, 0.5) is 5.69 Å². The highest BCUT2D eigenvalue weighted by Gasteiger charge is 2.15. The van der Waals surface area contributed by atoms with E-state index in [4.69, 9.17) is 15.8 Å². The van der Waals surface area contributed by atoms with Gasteiger partial charge in [0.2, 0.25) is 0 Å². The summed E-state index contributed by atoms with van der Waals surface area (Å²) in [7, 11) is -1.65. The number of nitrogens with two attached hydrogens (primary N) is 1. The van der Waals surface area contributed by atoms with E-state index in [0.29, 0.717) is 0 Å². The molecule has 0 atom stereocenters. The summed E-state index contributed by atoms with van der Waals surface area (Å²) in [5.41, 5.74) is 6.07. The lowest BCUT2D eigenvalue weighted by Gasteiger charge is -2.04. The fourth-order valence-electron chi connectivity index (χ4n) is 0.988. The predicted molar refractivity (Wildman–Crippen MR) is 60.1 cm³/mol. The zero-order valence-electron chi connectivity index (χ0n) is 6.98. The minimum absolute atomic E-state index is 0.154. The van der Waals surface area contributed by atoms with Crippen molar-refractivity contribution in [1.29, 1.82) is 0 Å². The Morgan fingerprint density at radius 3 is 2.57 bits per heavy atom. The molecule has 14 heavy (non-hydrogen) atoms. The molecule has 7 heteroatoms. The standard InChI is InChI=1S/C7H7BINO4/c9-14-7(11)4-1-5(8(12)13)3-6(10)2-4/h1-3,12-13H,10H2. The molecule has 0 spiro atoms. The number of anilines is 1. The van der Waals surface area contributed by atoms with Crippen LogP contribution in [0.5, 0.6) is 0 Å². The van der Waals surface area contributed by atoms with Crippen LogP contribution in [0, 0.1) is 0 Å². The van der Waals surface area contributed by atoms with Gasteiger partial charge in [0.15, 0.2) is 23.0 Å². The molecule has 1 aromatic rings. The van der Waals surface area contributed by atoms with Gasteiger partial charge in [-0.05, 0) is 23.7 Å². The first-order chi connectivity index (χ1) is 6.54. The quantitative estimate of drug-likeness (QED) is 0.387. The summed E-state index contributed by atoms with van der Waals surface area (Å²) < 4.78 is 4.44. The maximum absolute atomic E-state index is 11.1. The normalized spacial score (nSPS) is 9.64. The summed E-state index contributed by atoms with van der Waals surface area (Å²) >= 11 is 1.44. The van der Waals surface area contributed by atoms with Crippen LogP contribution in [0.25, 0.3) is 0 Å². The molecule has 74 valence electrons. The largest absolute Gasteiger partial charge is 0.488 e. The molecule has 0 aliphatic carbocycles. The third-order valence-corrected chi connectivity index (χ3v) is 1.98. The average Bonchev–Trinajstić information content (AvgIpc) is 2.15. The smallest absolute Gasteiger partial charge is 0.423 e. The van der Waals surface area contributed by atoms with Crippen molar-refractivity contribution in [3.63, 3.8) is 0 Å². The number of hydrogen-bond donors (Lipinski definition) is 3. The SMILES string of the molecule is Nc1cc(B(O)O)cc(C(=O)OI)c1. The zero-order chi connectivity index (χ0) is 10.7. The molecule has 5 nitrogen and oxygen atoms in total. The number of hydrogen-bond acceptors (Lipinski definition) is 5. The Labute approximate surface area is 94.7 Å². The first-order valence-corrected chi connectivity index (χ1v) is 4.52. The second-order valence-electron chi connectivity index (χ2n) is 2.63. The van der Waals surface area contributed by atoms with Crippen molar-refractivity contribution in [2.45, 2.75) is 0 Å². The van der Waals surface area contributed by atoms with Gasteiger partial charge >= 0.3 is 13.1 Å². The average molecular weight is 307 g/mol. The highest BCUT2D eigenvalue weighted by molar-refractivity contribution is 14.1. The van der Waals surface area contributed by atoms with E-state index in [1.165, 1.54) is 41.2 Å². The van der Waals surface area contributed by atoms with Crippen molar-refractivity contribution >= 4 is 47.2 Å². The van der Waals surface area contributed by atoms with Gasteiger partial charge in [-0.2, -0.15) is 0 Å². The third-order valence-electron chi connectivity index (χ3n) is 1.58. The summed E-state index contributed by atoms with van der Waals surface area (Å²) in [5, 5.41) is 17.7. The van der Waals surface area contributed by atoms with Gasteiger partial charge in [-0.25, -0.2) is 4.79 Å². The van der Waals surface area contributed by atoms with Crippen molar-refractivity contribution < 1.29 is 17.9 Å². The van der Waals surface area contributed by atoms with Crippen molar-refractivity contribution in [1.82, 2.24) is 0 Å². The van der Waals surface area contributed by atoms with Gasteiger partial charge in [0, 0.05) is 5.69 Å². The van der Waals surface area contributed by atoms with Gasteiger partial charge in [-0.3, -0.25) is 0 Å². The van der Waals surface area contributed by atoms with Crippen LogP contribution in [0.1, 0.15) is 10.4 Å². The lowest BCUT2D eigenvalue weighted by molar-refractivity contribution is 0.0800. The van der Waals surface area contributed by atoms with E-state index < -0.39 is 13.1 Å². The van der Waals surface area contributed by atoms with Crippen LogP contribution in [0.3, 0.4) is 0 Å². The molecular formula is C7H7BINO4. The number of rotatable bonds is 2. The highest BCUT2D eigenvalue weighted by atomic mass is 127. The van der Waals surface area contributed by atoms with Gasteiger partial charge in [0.25, 0.3) is 0 Å². The Bertz CT molecular complexity index is 358. The summed E-state index contributed by atoms with van der Waals surface area (Å²) in [6.07, 6.45) is 0. The maximum Gasteiger partial charge on any atom is 0.488 e. The first kappa shape index (κ1) is 11.3. The third kappa shape index (κ3) is 2.60. The number of nitrogen functional groups attached to an aromatic ring is 1. The molecule has 0 unspecified atom stereocenters. The van der Waals surface area contributed by atoms with E-state index in [1.54, 1.807) is 0 Å². The number of carbonyl (C=O) groups is 1. The Kier molecular flexibility index (Phi) is 3.73. The van der Waals surface area contributed by atoms with E-state index >= 15 is 0 Å². The minimum Gasteiger partial charge on any atom is -0.423 e. The Balaban J connectivity index is 3.13. The van der Waals surface area contributed by atoms with Crippen LogP contribution in [-0.4, -0.2) is 23.1 Å². The van der Waals surface area contributed by atoms with Crippen LogP contribution in [0.15, 0.2) is 18.2 Å². The molecule has 1 rings (SSSR count). The van der Waals surface area contributed by atoms with E-state index in [0.717, 1.165) is 0 Å². The Hall–Kier alpha value is -0.795. The molecule has 1 aromatic carbocycles. The molecule has 0 fully saturated rings. The second-order valence-corrected chi connectivity index (χ2v) is 3.07. The van der Waals surface area contributed by atoms with Crippen LogP contribution >= 0.6 is 23.0 Å². The molecule has 0 aliphatic heterocycles. The summed E-state index contributed by atoms with van der Waals surface area (Å²) in [5.74, 6) is -0.584. The second kappa shape index (κ2) is 4.62. The van der Waals surface area contributed by atoms with Crippen molar-refractivity contribution in [3.8, 4) is 0 Å². The van der Waals surface area contributed by atoms with Gasteiger partial charge < -0.3 is 18.8 Å². The Morgan fingerprint density at radius 2 is 2.07 bits per heavy atom. The molecule has 4 N–H and O–H groups in total. The number of carbonyl (C=O) groups excluding carboxylic acids is 1. The first-order valence-electron chi connectivity index (χ1n) is 3.64. The molecule has 0 amide bonds. The number of halogens is 1. The predicted octanol–water partition coefficient (Wildman–Crippen LogP) is -0.545. The van der Waals surface area contributed by atoms with Crippen molar-refractivity contribution in [2.24, 2.45) is 0 Å². The minimum atomic E-state index is -1.65. The molecule has 0 saturated heterocycles. The van der Waals surface area contributed by atoms with E-state index in [9.17, 15) is 4.79 Å². The fraction of sp³-hybridized carbons (Fsp3) is 0. The fourth-order valence-corrected chi connectivity index (χ4v) is 1.24. The van der Waals surface area contributed by atoms with Crippen molar-refractivity contribution in [2.75, 3.05) is 5.73 Å². The van der Waals surface area contributed by atoms with E-state index in [2.05, 4.69) is 3.07 Å². The molecule has 0 aliphatic rings. The van der Waals surface area contributed by atoms with Gasteiger partial charge in [0.1, 0.15) is 0 Å². The molecule has 0 radical (unpaired) electrons. The van der Waals surface area contributed by atoms with E-state index in [1.807, 2.05) is 0 Å². The molecule has 0 saturated carbocycles. The topological polar surface area (TPSA) is 92.8 Å². The molecular weight excluding hydrogens is 300 g/mol. The molecule has 0 bridgehead atoms.